The minimum Gasteiger partial charge on any atom is -0.340 e. The van der Waals surface area contributed by atoms with Gasteiger partial charge in [-0.15, -0.1) is 0 Å². The van der Waals surface area contributed by atoms with Gasteiger partial charge in [0, 0.05) is 25.3 Å². The number of anilines is 1. The molecule has 88 valence electrons. The lowest BCUT2D eigenvalue weighted by atomic mass is 10.1. The van der Waals surface area contributed by atoms with Crippen LogP contribution in [-0.2, 0) is 7.05 Å². The first-order valence-electron chi connectivity index (χ1n) is 6.30. The van der Waals surface area contributed by atoms with Crippen LogP contribution in [0.15, 0.2) is 18.3 Å². The van der Waals surface area contributed by atoms with Gasteiger partial charge in [0.15, 0.2) is 0 Å². The Morgan fingerprint density at radius 3 is 2.62 bits per heavy atom. The number of hydrogen-bond donors (Lipinski definition) is 0. The number of aryl methyl sites for hydroxylation is 1. The molecule has 2 aliphatic rings. The Hall–Kier alpha value is -0.960. The topological polar surface area (TPSA) is 11.4 Å². The summed E-state index contributed by atoms with van der Waals surface area (Å²) in [7, 11) is 4.41. The third-order valence-electron chi connectivity index (χ3n) is 4.52. The lowest BCUT2D eigenvalue weighted by molar-refractivity contribution is 0.148. The summed E-state index contributed by atoms with van der Waals surface area (Å²) < 4.78 is 2.24. The van der Waals surface area contributed by atoms with E-state index in [-0.39, 0.29) is 0 Å². The largest absolute Gasteiger partial charge is 0.340 e. The summed E-state index contributed by atoms with van der Waals surface area (Å²) in [6.45, 7) is 2.33. The van der Waals surface area contributed by atoms with Gasteiger partial charge in [0.05, 0.1) is 6.17 Å². The molecule has 0 radical (unpaired) electrons. The molecule has 3 heteroatoms. The predicted molar refractivity (Wildman–Crippen MR) is 66.5 cm³/mol. The van der Waals surface area contributed by atoms with Gasteiger partial charge >= 0.3 is 0 Å². The fourth-order valence-corrected chi connectivity index (χ4v) is 3.46. The highest BCUT2D eigenvalue weighted by molar-refractivity contribution is 5.44. The fourth-order valence-electron chi connectivity index (χ4n) is 3.46. The molecular formula is C13H21N3. The van der Waals surface area contributed by atoms with E-state index >= 15 is 0 Å². The van der Waals surface area contributed by atoms with Crippen molar-refractivity contribution in [1.82, 2.24) is 9.47 Å². The highest BCUT2D eigenvalue weighted by Gasteiger charge is 2.42. The molecule has 3 atom stereocenters. The van der Waals surface area contributed by atoms with Crippen LogP contribution in [0.2, 0.25) is 0 Å². The van der Waals surface area contributed by atoms with Crippen LogP contribution in [0.1, 0.15) is 26.2 Å². The van der Waals surface area contributed by atoms with Gasteiger partial charge in [0.1, 0.15) is 5.82 Å². The molecule has 1 saturated heterocycles. The summed E-state index contributed by atoms with van der Waals surface area (Å²) in [6.07, 6.45) is 6.73. The van der Waals surface area contributed by atoms with Crippen molar-refractivity contribution in [1.29, 1.82) is 0 Å². The van der Waals surface area contributed by atoms with Crippen LogP contribution < -0.4 is 4.90 Å². The number of aromatic nitrogens is 1. The molecule has 1 aliphatic heterocycles. The Labute approximate surface area is 97.6 Å². The van der Waals surface area contributed by atoms with Gasteiger partial charge < -0.3 is 9.47 Å². The molecule has 1 aromatic heterocycles. The standard InChI is InChI=1S/C13H21N3/c1-10-15(3)11-6-7-12(9-11)16(10)13-5-4-8-14(13)2/h4-5,8,10-12H,6-7,9H2,1-3H3/t10-,11?,12?/m0/s1. The molecule has 2 fully saturated rings. The van der Waals surface area contributed by atoms with Crippen molar-refractivity contribution in [3.63, 3.8) is 0 Å². The summed E-state index contributed by atoms with van der Waals surface area (Å²) in [5, 5.41) is 0. The van der Waals surface area contributed by atoms with Crippen LogP contribution in [0.4, 0.5) is 5.82 Å². The molecule has 0 amide bonds. The smallest absolute Gasteiger partial charge is 0.109 e. The highest BCUT2D eigenvalue weighted by atomic mass is 15.4. The zero-order valence-electron chi connectivity index (χ0n) is 10.4. The van der Waals surface area contributed by atoms with Gasteiger partial charge in [-0.05, 0) is 45.4 Å². The third-order valence-corrected chi connectivity index (χ3v) is 4.52. The van der Waals surface area contributed by atoms with E-state index < -0.39 is 0 Å². The molecule has 2 bridgehead atoms. The van der Waals surface area contributed by atoms with Crippen molar-refractivity contribution in [2.24, 2.45) is 7.05 Å². The quantitative estimate of drug-likeness (QED) is 0.716. The maximum absolute atomic E-state index is 2.60. The predicted octanol–water partition coefficient (Wildman–Crippen LogP) is 2.04. The average Bonchev–Trinajstić information content (AvgIpc) is 2.86. The second-order valence-electron chi connectivity index (χ2n) is 5.30. The minimum atomic E-state index is 0.528. The first-order valence-corrected chi connectivity index (χ1v) is 6.30. The maximum atomic E-state index is 2.60. The molecule has 1 aliphatic carbocycles. The van der Waals surface area contributed by atoms with E-state index in [0.29, 0.717) is 6.17 Å². The van der Waals surface area contributed by atoms with Crippen LogP contribution in [0, 0.1) is 0 Å². The Morgan fingerprint density at radius 2 is 1.94 bits per heavy atom. The Kier molecular flexibility index (Phi) is 2.25. The molecule has 3 nitrogen and oxygen atoms in total. The number of rotatable bonds is 1. The number of hydrogen-bond acceptors (Lipinski definition) is 2. The molecule has 16 heavy (non-hydrogen) atoms. The molecule has 2 unspecified atom stereocenters. The summed E-state index contributed by atoms with van der Waals surface area (Å²) in [4.78, 5) is 5.14. The average molecular weight is 219 g/mol. The first-order chi connectivity index (χ1) is 7.68. The van der Waals surface area contributed by atoms with Gasteiger partial charge in [0.2, 0.25) is 0 Å². The van der Waals surface area contributed by atoms with E-state index in [9.17, 15) is 0 Å². The van der Waals surface area contributed by atoms with Crippen molar-refractivity contribution >= 4 is 5.82 Å². The molecule has 0 N–H and O–H groups in total. The Bertz CT molecular complexity index is 384. The van der Waals surface area contributed by atoms with Crippen molar-refractivity contribution < 1.29 is 0 Å². The van der Waals surface area contributed by atoms with Gasteiger partial charge in [-0.2, -0.15) is 0 Å². The Morgan fingerprint density at radius 1 is 1.19 bits per heavy atom. The van der Waals surface area contributed by atoms with Gasteiger partial charge in [0.25, 0.3) is 0 Å². The normalized spacial score (nSPS) is 34.7. The second kappa shape index (κ2) is 3.52. The van der Waals surface area contributed by atoms with Gasteiger partial charge in [-0.1, -0.05) is 0 Å². The Balaban J connectivity index is 1.97. The molecule has 3 rings (SSSR count). The van der Waals surface area contributed by atoms with Crippen molar-refractivity contribution in [3.8, 4) is 0 Å². The van der Waals surface area contributed by atoms with Crippen molar-refractivity contribution in [2.75, 3.05) is 11.9 Å². The lowest BCUT2D eigenvalue weighted by Crippen LogP contribution is -2.56. The molecule has 0 aromatic carbocycles. The summed E-state index contributed by atoms with van der Waals surface area (Å²) >= 11 is 0. The van der Waals surface area contributed by atoms with Crippen molar-refractivity contribution in [2.45, 2.75) is 44.4 Å². The maximum Gasteiger partial charge on any atom is 0.109 e. The van der Waals surface area contributed by atoms with Crippen LogP contribution in [-0.4, -0.2) is 34.8 Å². The van der Waals surface area contributed by atoms with E-state index in [0.717, 1.165) is 12.1 Å². The van der Waals surface area contributed by atoms with Crippen LogP contribution in [0.25, 0.3) is 0 Å². The van der Waals surface area contributed by atoms with Crippen LogP contribution >= 0.6 is 0 Å². The second-order valence-corrected chi connectivity index (χ2v) is 5.30. The molecule has 0 spiro atoms. The van der Waals surface area contributed by atoms with Gasteiger partial charge in [-0.3, -0.25) is 4.90 Å². The minimum absolute atomic E-state index is 0.528. The number of fused-ring (bicyclic) bond motifs is 2. The lowest BCUT2D eigenvalue weighted by Gasteiger charge is -2.46. The fraction of sp³-hybridized carbons (Fsp3) is 0.692. The summed E-state index contributed by atoms with van der Waals surface area (Å²) in [5.74, 6) is 1.37. The number of nitrogens with zero attached hydrogens (tertiary/aromatic N) is 3. The highest BCUT2D eigenvalue weighted by Crippen LogP contribution is 2.38. The van der Waals surface area contributed by atoms with E-state index in [1.807, 2.05) is 0 Å². The van der Waals surface area contributed by atoms with Gasteiger partial charge in [-0.25, -0.2) is 0 Å². The summed E-state index contributed by atoms with van der Waals surface area (Å²) in [5.41, 5.74) is 0. The molecular weight excluding hydrogens is 198 g/mol. The van der Waals surface area contributed by atoms with E-state index in [1.165, 1.54) is 25.1 Å². The van der Waals surface area contributed by atoms with E-state index in [2.05, 4.69) is 53.7 Å². The molecule has 1 saturated carbocycles. The van der Waals surface area contributed by atoms with Crippen LogP contribution in [0.3, 0.4) is 0 Å². The molecule has 1 aromatic rings. The van der Waals surface area contributed by atoms with Crippen LogP contribution in [0.5, 0.6) is 0 Å². The van der Waals surface area contributed by atoms with Crippen molar-refractivity contribution in [3.05, 3.63) is 18.3 Å². The SMILES string of the molecule is C[C@H]1N(C)C2CCC(C2)N1c1cccn1C. The van der Waals surface area contributed by atoms with E-state index in [4.69, 9.17) is 0 Å². The monoisotopic (exact) mass is 219 g/mol. The third kappa shape index (κ3) is 1.31. The first kappa shape index (κ1) is 10.2. The zero-order valence-corrected chi connectivity index (χ0v) is 10.4. The molecule has 2 heterocycles. The van der Waals surface area contributed by atoms with E-state index in [1.54, 1.807) is 0 Å². The summed E-state index contributed by atoms with van der Waals surface area (Å²) in [6, 6.07) is 5.95. The zero-order chi connectivity index (χ0) is 11.3.